The molecule has 1 aliphatic heterocycles. The van der Waals surface area contributed by atoms with E-state index in [1.165, 1.54) is 49.4 Å². The molecule has 3 rings (SSSR count). The average molecular weight is 424 g/mol. The van der Waals surface area contributed by atoms with Crippen molar-refractivity contribution in [3.8, 4) is 16.9 Å². The third-order valence-electron chi connectivity index (χ3n) is 5.87. The van der Waals surface area contributed by atoms with E-state index in [9.17, 15) is 23.4 Å². The van der Waals surface area contributed by atoms with Crippen molar-refractivity contribution in [2.24, 2.45) is 5.92 Å². The molecule has 0 aliphatic carbocycles. The van der Waals surface area contributed by atoms with E-state index >= 15 is 0 Å². The summed E-state index contributed by atoms with van der Waals surface area (Å²) < 4.78 is 54.4. The highest BCUT2D eigenvalue weighted by molar-refractivity contribution is 5.70. The van der Waals surface area contributed by atoms with E-state index in [-0.39, 0.29) is 28.4 Å². The molecule has 4 nitrogen and oxygen atoms in total. The molecule has 1 aliphatic rings. The molecular weight excluding hydrogens is 397 g/mol. The molecule has 0 bridgehead atoms. The van der Waals surface area contributed by atoms with Gasteiger partial charge in [-0.1, -0.05) is 26.0 Å². The molecule has 0 radical (unpaired) electrons. The van der Waals surface area contributed by atoms with Crippen LogP contribution in [0.3, 0.4) is 0 Å². The minimum atomic E-state index is -3.12. The van der Waals surface area contributed by atoms with Crippen molar-refractivity contribution in [1.29, 1.82) is 0 Å². The summed E-state index contributed by atoms with van der Waals surface area (Å²) >= 11 is 0. The molecule has 1 saturated heterocycles. The minimum Gasteiger partial charge on any atom is -0.462 e. The molecule has 2 aromatic rings. The Morgan fingerprint density at radius 3 is 2.43 bits per heavy atom. The van der Waals surface area contributed by atoms with Gasteiger partial charge in [-0.2, -0.15) is 0 Å². The summed E-state index contributed by atoms with van der Waals surface area (Å²) in [5.41, 5.74) is -0.619. The largest absolute Gasteiger partial charge is 0.462 e. The number of aliphatic hydroxyl groups is 2. The van der Waals surface area contributed by atoms with Gasteiger partial charge in [0.1, 0.15) is 17.7 Å². The number of halogens is 3. The molecule has 0 saturated carbocycles. The number of hydrogen-bond donors (Lipinski definition) is 2. The summed E-state index contributed by atoms with van der Waals surface area (Å²) in [5.74, 6) is -3.85. The van der Waals surface area contributed by atoms with Gasteiger partial charge in [0.15, 0.2) is 0 Å². The summed E-state index contributed by atoms with van der Waals surface area (Å²) in [5, 5.41) is 20.7. The fourth-order valence-corrected chi connectivity index (χ4v) is 3.57. The lowest BCUT2D eigenvalue weighted by molar-refractivity contribution is -0.284. The highest BCUT2D eigenvalue weighted by Gasteiger charge is 2.47. The molecular formula is C23H27F3O4. The van der Waals surface area contributed by atoms with Gasteiger partial charge in [0.25, 0.3) is 5.92 Å². The van der Waals surface area contributed by atoms with Gasteiger partial charge < -0.3 is 19.7 Å². The lowest BCUT2D eigenvalue weighted by Crippen LogP contribution is -2.59. The normalized spacial score (nSPS) is 26.4. The number of ether oxygens (including phenoxy) is 2. The van der Waals surface area contributed by atoms with E-state index in [0.29, 0.717) is 0 Å². The smallest absolute Gasteiger partial charge is 0.273 e. The SMILES string of the molecule is CCC(F)(F)c1ccc(O[C@@H]2OC(C)(C)[C@H](C)[C@@H](O)[C@H]2O)cc1-c1cccc(F)c1. The third-order valence-corrected chi connectivity index (χ3v) is 5.87. The van der Waals surface area contributed by atoms with E-state index < -0.39 is 42.3 Å². The van der Waals surface area contributed by atoms with E-state index in [1.54, 1.807) is 20.8 Å². The minimum absolute atomic E-state index is 0.123. The van der Waals surface area contributed by atoms with Crippen LogP contribution in [0.2, 0.25) is 0 Å². The van der Waals surface area contributed by atoms with Crippen LogP contribution in [0.25, 0.3) is 11.1 Å². The van der Waals surface area contributed by atoms with Crippen molar-refractivity contribution in [2.45, 2.75) is 64.1 Å². The third kappa shape index (κ3) is 4.33. The molecule has 0 spiro atoms. The Kier molecular flexibility index (Phi) is 6.18. The van der Waals surface area contributed by atoms with Crippen LogP contribution in [-0.2, 0) is 10.7 Å². The van der Waals surface area contributed by atoms with Crippen molar-refractivity contribution in [1.82, 2.24) is 0 Å². The Labute approximate surface area is 174 Å². The Balaban J connectivity index is 2.00. The predicted octanol–water partition coefficient (Wildman–Crippen LogP) is 4.87. The zero-order valence-electron chi connectivity index (χ0n) is 17.4. The molecule has 0 aromatic heterocycles. The highest BCUT2D eigenvalue weighted by atomic mass is 19.3. The fraction of sp³-hybridized carbons (Fsp3) is 0.478. The maximum absolute atomic E-state index is 14.5. The lowest BCUT2D eigenvalue weighted by Gasteiger charge is -2.46. The summed E-state index contributed by atoms with van der Waals surface area (Å²) in [6.45, 7) is 6.67. The van der Waals surface area contributed by atoms with E-state index in [2.05, 4.69) is 0 Å². The Bertz CT molecular complexity index is 900. The van der Waals surface area contributed by atoms with Crippen LogP contribution in [0, 0.1) is 11.7 Å². The average Bonchev–Trinajstić information content (AvgIpc) is 2.70. The predicted molar refractivity (Wildman–Crippen MR) is 107 cm³/mol. The molecule has 0 amide bonds. The van der Waals surface area contributed by atoms with Crippen LogP contribution in [0.4, 0.5) is 13.2 Å². The Morgan fingerprint density at radius 1 is 1.10 bits per heavy atom. The first-order chi connectivity index (χ1) is 14.0. The zero-order chi connectivity index (χ0) is 22.3. The zero-order valence-corrected chi connectivity index (χ0v) is 17.4. The van der Waals surface area contributed by atoms with Crippen LogP contribution in [0.1, 0.15) is 39.7 Å². The van der Waals surface area contributed by atoms with Crippen molar-refractivity contribution in [3.05, 3.63) is 53.8 Å². The lowest BCUT2D eigenvalue weighted by atomic mass is 9.82. The van der Waals surface area contributed by atoms with Gasteiger partial charge in [-0.05, 0) is 55.3 Å². The van der Waals surface area contributed by atoms with Gasteiger partial charge in [0.2, 0.25) is 6.29 Å². The molecule has 1 heterocycles. The highest BCUT2D eigenvalue weighted by Crippen LogP contribution is 2.41. The second-order valence-electron chi connectivity index (χ2n) is 8.25. The van der Waals surface area contributed by atoms with Crippen molar-refractivity contribution in [3.63, 3.8) is 0 Å². The maximum Gasteiger partial charge on any atom is 0.273 e. The standard InChI is InChI=1S/C23H27F3O4/c1-5-23(25,26)18-10-9-16(12-17(18)14-7-6-8-15(24)11-14)29-21-20(28)19(27)13(2)22(3,4)30-21/h6-13,19-21,27-28H,5H2,1-4H3/t13-,19-,20-,21-/m1/s1. The fourth-order valence-electron chi connectivity index (χ4n) is 3.57. The number of aliphatic hydroxyl groups excluding tert-OH is 2. The van der Waals surface area contributed by atoms with Gasteiger partial charge in [-0.3, -0.25) is 0 Å². The van der Waals surface area contributed by atoms with Gasteiger partial charge >= 0.3 is 0 Å². The Morgan fingerprint density at radius 2 is 1.80 bits per heavy atom. The Hall–Kier alpha value is -2.09. The number of rotatable bonds is 5. The summed E-state index contributed by atoms with van der Waals surface area (Å²) in [6, 6.07) is 9.36. The summed E-state index contributed by atoms with van der Waals surface area (Å²) in [6.07, 6.45) is -4.00. The van der Waals surface area contributed by atoms with Gasteiger partial charge in [-0.25, -0.2) is 13.2 Å². The van der Waals surface area contributed by atoms with E-state index in [1.807, 2.05) is 0 Å². The van der Waals surface area contributed by atoms with Crippen LogP contribution in [-0.4, -0.2) is 34.3 Å². The molecule has 1 fully saturated rings. The molecule has 2 N–H and O–H groups in total. The van der Waals surface area contributed by atoms with Gasteiger partial charge in [-0.15, -0.1) is 0 Å². The van der Waals surface area contributed by atoms with Crippen molar-refractivity contribution < 1.29 is 32.9 Å². The molecule has 7 heteroatoms. The molecule has 4 atom stereocenters. The maximum atomic E-state index is 14.5. The first-order valence-electron chi connectivity index (χ1n) is 9.95. The van der Waals surface area contributed by atoms with Crippen molar-refractivity contribution in [2.75, 3.05) is 0 Å². The van der Waals surface area contributed by atoms with E-state index in [0.717, 1.165) is 0 Å². The molecule has 164 valence electrons. The summed E-state index contributed by atoms with van der Waals surface area (Å²) in [4.78, 5) is 0. The quantitative estimate of drug-likeness (QED) is 0.719. The van der Waals surface area contributed by atoms with Crippen LogP contribution in [0.5, 0.6) is 5.75 Å². The monoisotopic (exact) mass is 424 g/mol. The van der Waals surface area contributed by atoms with Gasteiger partial charge in [0, 0.05) is 17.9 Å². The van der Waals surface area contributed by atoms with E-state index in [4.69, 9.17) is 9.47 Å². The summed E-state index contributed by atoms with van der Waals surface area (Å²) in [7, 11) is 0. The van der Waals surface area contributed by atoms with Crippen LogP contribution < -0.4 is 4.74 Å². The molecule has 30 heavy (non-hydrogen) atoms. The second-order valence-corrected chi connectivity index (χ2v) is 8.25. The number of alkyl halides is 2. The first-order valence-corrected chi connectivity index (χ1v) is 9.95. The number of hydrogen-bond acceptors (Lipinski definition) is 4. The van der Waals surface area contributed by atoms with Gasteiger partial charge in [0.05, 0.1) is 11.7 Å². The van der Waals surface area contributed by atoms with Crippen LogP contribution >= 0.6 is 0 Å². The molecule has 0 unspecified atom stereocenters. The number of benzene rings is 2. The molecule has 2 aromatic carbocycles. The topological polar surface area (TPSA) is 58.9 Å². The first kappa shape index (κ1) is 22.6. The second kappa shape index (κ2) is 8.21. The van der Waals surface area contributed by atoms with Crippen molar-refractivity contribution >= 4 is 0 Å². The van der Waals surface area contributed by atoms with Crippen LogP contribution in [0.15, 0.2) is 42.5 Å².